The van der Waals surface area contributed by atoms with Crippen LogP contribution in [0, 0.1) is 0 Å². The van der Waals surface area contributed by atoms with Gasteiger partial charge in [-0.25, -0.2) is 0 Å². The van der Waals surface area contributed by atoms with Crippen molar-refractivity contribution in [2.24, 2.45) is 0 Å². The van der Waals surface area contributed by atoms with Crippen LogP contribution in [0.5, 0.6) is 0 Å². The smallest absolute Gasteiger partial charge is 0.0869 e. The van der Waals surface area contributed by atoms with E-state index >= 15 is 0 Å². The second-order valence-corrected chi connectivity index (χ2v) is 4.77. The first-order valence-electron chi connectivity index (χ1n) is 6.14. The van der Waals surface area contributed by atoms with Crippen LogP contribution in [-0.4, -0.2) is 30.6 Å². The van der Waals surface area contributed by atoms with Gasteiger partial charge in [-0.3, -0.25) is 10.2 Å². The molecule has 3 heteroatoms. The van der Waals surface area contributed by atoms with E-state index in [-0.39, 0.29) is 0 Å². The van der Waals surface area contributed by atoms with Gasteiger partial charge in [-0.15, -0.1) is 0 Å². The lowest BCUT2D eigenvalue weighted by Crippen LogP contribution is -2.52. The molecule has 2 atom stereocenters. The zero-order chi connectivity index (χ0) is 11.0. The van der Waals surface area contributed by atoms with Crippen LogP contribution in [0.4, 0.5) is 0 Å². The van der Waals surface area contributed by atoms with Gasteiger partial charge in [-0.1, -0.05) is 24.3 Å². The minimum absolute atomic E-state index is 0.424. The molecule has 2 aliphatic rings. The predicted molar refractivity (Wildman–Crippen MR) is 65.1 cm³/mol. The quantitative estimate of drug-likeness (QED) is 0.737. The maximum Gasteiger partial charge on any atom is 0.0869 e. The summed E-state index contributed by atoms with van der Waals surface area (Å²) in [6.45, 7) is 6.64. The summed E-state index contributed by atoms with van der Waals surface area (Å²) in [7, 11) is 0. The Morgan fingerprint density at radius 1 is 1.31 bits per heavy atom. The third-order valence-corrected chi connectivity index (χ3v) is 3.72. The number of nitrogens with one attached hydrogen (secondary N) is 2. The fourth-order valence-electron chi connectivity index (χ4n) is 2.81. The summed E-state index contributed by atoms with van der Waals surface area (Å²) in [4.78, 5) is 2.57. The highest BCUT2D eigenvalue weighted by atomic mass is 15.3. The highest BCUT2D eigenvalue weighted by Gasteiger charge is 2.31. The number of benzene rings is 1. The Morgan fingerprint density at radius 2 is 2.19 bits per heavy atom. The van der Waals surface area contributed by atoms with E-state index in [1.807, 2.05) is 0 Å². The molecule has 0 bridgehead atoms. The summed E-state index contributed by atoms with van der Waals surface area (Å²) in [5.41, 5.74) is 2.93. The van der Waals surface area contributed by atoms with E-state index in [1.54, 1.807) is 0 Å². The van der Waals surface area contributed by atoms with Gasteiger partial charge in [0.05, 0.1) is 6.17 Å². The van der Waals surface area contributed by atoms with Gasteiger partial charge in [0, 0.05) is 32.2 Å². The largest absolute Gasteiger partial charge is 0.314 e. The lowest BCUT2D eigenvalue weighted by atomic mass is 10.1. The van der Waals surface area contributed by atoms with Crippen molar-refractivity contribution < 1.29 is 0 Å². The molecule has 1 saturated heterocycles. The Morgan fingerprint density at radius 3 is 3.06 bits per heavy atom. The van der Waals surface area contributed by atoms with E-state index in [9.17, 15) is 0 Å². The Bertz CT molecular complexity index is 377. The highest BCUT2D eigenvalue weighted by Crippen LogP contribution is 2.29. The molecule has 0 aliphatic carbocycles. The molecule has 3 rings (SSSR count). The van der Waals surface area contributed by atoms with Crippen LogP contribution in [0.25, 0.3) is 0 Å². The van der Waals surface area contributed by atoms with Gasteiger partial charge in [0.1, 0.15) is 0 Å². The van der Waals surface area contributed by atoms with Crippen molar-refractivity contribution in [3.8, 4) is 0 Å². The van der Waals surface area contributed by atoms with Gasteiger partial charge >= 0.3 is 0 Å². The van der Waals surface area contributed by atoms with Crippen LogP contribution in [0.3, 0.4) is 0 Å². The molecule has 0 aromatic heterocycles. The van der Waals surface area contributed by atoms with Crippen molar-refractivity contribution >= 4 is 0 Å². The number of hydrogen-bond acceptors (Lipinski definition) is 3. The molecule has 3 nitrogen and oxygen atoms in total. The van der Waals surface area contributed by atoms with Gasteiger partial charge in [-0.2, -0.15) is 0 Å². The van der Waals surface area contributed by atoms with E-state index in [0.29, 0.717) is 12.2 Å². The Labute approximate surface area is 96.8 Å². The Balaban J connectivity index is 1.86. The highest BCUT2D eigenvalue weighted by molar-refractivity contribution is 5.33. The van der Waals surface area contributed by atoms with Crippen LogP contribution in [0.1, 0.15) is 24.2 Å². The molecule has 1 aromatic carbocycles. The number of piperazine rings is 1. The lowest BCUT2D eigenvalue weighted by Gasteiger charge is -2.38. The van der Waals surface area contributed by atoms with Gasteiger partial charge < -0.3 is 5.32 Å². The average molecular weight is 217 g/mol. The molecule has 2 unspecified atom stereocenters. The maximum atomic E-state index is 3.62. The molecule has 0 saturated carbocycles. The van der Waals surface area contributed by atoms with Crippen LogP contribution in [0.15, 0.2) is 24.3 Å². The lowest BCUT2D eigenvalue weighted by molar-refractivity contribution is 0.101. The molecule has 2 aliphatic heterocycles. The normalized spacial score (nSPS) is 30.3. The van der Waals surface area contributed by atoms with Crippen LogP contribution < -0.4 is 10.6 Å². The van der Waals surface area contributed by atoms with Crippen LogP contribution in [-0.2, 0) is 6.54 Å². The first-order chi connectivity index (χ1) is 7.86. The SMILES string of the molecule is CC1CNCCN1C1NCc2ccccc21. The molecule has 0 spiro atoms. The van der Waals surface area contributed by atoms with E-state index in [1.165, 1.54) is 11.1 Å². The van der Waals surface area contributed by atoms with Crippen molar-refractivity contribution in [1.82, 2.24) is 15.5 Å². The van der Waals surface area contributed by atoms with Gasteiger partial charge in [0.25, 0.3) is 0 Å². The van der Waals surface area contributed by atoms with Crippen molar-refractivity contribution in [2.45, 2.75) is 25.7 Å². The van der Waals surface area contributed by atoms with Crippen molar-refractivity contribution in [3.63, 3.8) is 0 Å². The number of fused-ring (bicyclic) bond motifs is 1. The van der Waals surface area contributed by atoms with Gasteiger partial charge in [0.15, 0.2) is 0 Å². The minimum Gasteiger partial charge on any atom is -0.314 e. The molecule has 16 heavy (non-hydrogen) atoms. The average Bonchev–Trinajstić information content (AvgIpc) is 2.74. The molecule has 2 N–H and O–H groups in total. The molecule has 0 radical (unpaired) electrons. The maximum absolute atomic E-state index is 3.62. The van der Waals surface area contributed by atoms with Gasteiger partial charge in [-0.05, 0) is 18.1 Å². The Kier molecular flexibility index (Phi) is 2.67. The molecule has 1 aromatic rings. The first kappa shape index (κ1) is 10.3. The molecule has 0 amide bonds. The van der Waals surface area contributed by atoms with Crippen molar-refractivity contribution in [3.05, 3.63) is 35.4 Å². The predicted octanol–water partition coefficient (Wildman–Crippen LogP) is 1.08. The van der Waals surface area contributed by atoms with Crippen LogP contribution in [0.2, 0.25) is 0 Å². The van der Waals surface area contributed by atoms with E-state index in [4.69, 9.17) is 0 Å². The molecular weight excluding hydrogens is 198 g/mol. The monoisotopic (exact) mass is 217 g/mol. The summed E-state index contributed by atoms with van der Waals surface area (Å²) in [5.74, 6) is 0. The minimum atomic E-state index is 0.424. The zero-order valence-corrected chi connectivity index (χ0v) is 9.74. The summed E-state index contributed by atoms with van der Waals surface area (Å²) in [5, 5.41) is 7.06. The first-order valence-corrected chi connectivity index (χ1v) is 6.14. The van der Waals surface area contributed by atoms with Crippen molar-refractivity contribution in [2.75, 3.05) is 19.6 Å². The summed E-state index contributed by atoms with van der Waals surface area (Å²) in [6, 6.07) is 9.37. The molecule has 86 valence electrons. The fourth-order valence-corrected chi connectivity index (χ4v) is 2.81. The number of hydrogen-bond donors (Lipinski definition) is 2. The van der Waals surface area contributed by atoms with E-state index in [0.717, 1.165) is 26.2 Å². The second-order valence-electron chi connectivity index (χ2n) is 4.77. The van der Waals surface area contributed by atoms with Crippen molar-refractivity contribution in [1.29, 1.82) is 0 Å². The topological polar surface area (TPSA) is 27.3 Å². The van der Waals surface area contributed by atoms with Crippen LogP contribution >= 0.6 is 0 Å². The summed E-state index contributed by atoms with van der Waals surface area (Å²) in [6.07, 6.45) is 0.424. The number of nitrogens with zero attached hydrogens (tertiary/aromatic N) is 1. The standard InChI is InChI=1S/C13H19N3/c1-10-8-14-6-7-16(10)13-12-5-3-2-4-11(12)9-15-13/h2-5,10,13-15H,6-9H2,1H3. The van der Waals surface area contributed by atoms with Gasteiger partial charge in [0.2, 0.25) is 0 Å². The second kappa shape index (κ2) is 4.17. The summed E-state index contributed by atoms with van der Waals surface area (Å²) >= 11 is 0. The third-order valence-electron chi connectivity index (χ3n) is 3.72. The molecular formula is C13H19N3. The third kappa shape index (κ3) is 1.65. The fraction of sp³-hybridized carbons (Fsp3) is 0.538. The number of rotatable bonds is 1. The molecule has 1 fully saturated rings. The van der Waals surface area contributed by atoms with E-state index < -0.39 is 0 Å². The zero-order valence-electron chi connectivity index (χ0n) is 9.74. The Hall–Kier alpha value is -0.900. The van der Waals surface area contributed by atoms with E-state index in [2.05, 4.69) is 46.7 Å². The molecule has 2 heterocycles. The summed E-state index contributed by atoms with van der Waals surface area (Å²) < 4.78 is 0.